The van der Waals surface area contributed by atoms with Crippen molar-refractivity contribution in [2.24, 2.45) is 0 Å². The van der Waals surface area contributed by atoms with Crippen molar-refractivity contribution in [3.05, 3.63) is 47.5 Å². The molecule has 0 radical (unpaired) electrons. The SMILES string of the molecule is CCn1ccc(CNc2cc(F)ccc2C)n1. The molecule has 0 aliphatic heterocycles. The van der Waals surface area contributed by atoms with E-state index in [2.05, 4.69) is 10.4 Å². The number of nitrogens with one attached hydrogen (secondary N) is 1. The van der Waals surface area contributed by atoms with Gasteiger partial charge in [-0.25, -0.2) is 4.39 Å². The van der Waals surface area contributed by atoms with Crippen LogP contribution in [0.5, 0.6) is 0 Å². The molecule has 0 fully saturated rings. The first-order chi connectivity index (χ1) is 8.19. The molecule has 0 unspecified atom stereocenters. The standard InChI is InChI=1S/C13H16FN3/c1-3-17-7-6-12(16-17)9-15-13-8-11(14)5-4-10(13)2/h4-8,15H,3,9H2,1-2H3. The quantitative estimate of drug-likeness (QED) is 0.879. The first-order valence-corrected chi connectivity index (χ1v) is 5.71. The van der Waals surface area contributed by atoms with Crippen LogP contribution in [0.25, 0.3) is 0 Å². The van der Waals surface area contributed by atoms with Crippen LogP contribution in [0.3, 0.4) is 0 Å². The number of rotatable bonds is 4. The Bertz CT molecular complexity index is 505. The molecule has 0 saturated heterocycles. The minimum Gasteiger partial charge on any atom is -0.379 e. The Labute approximate surface area is 100 Å². The first kappa shape index (κ1) is 11.6. The molecular formula is C13H16FN3. The van der Waals surface area contributed by atoms with E-state index in [9.17, 15) is 4.39 Å². The van der Waals surface area contributed by atoms with Gasteiger partial charge in [-0.05, 0) is 37.6 Å². The van der Waals surface area contributed by atoms with Gasteiger partial charge in [0.05, 0.1) is 12.2 Å². The van der Waals surface area contributed by atoms with Crippen LogP contribution < -0.4 is 5.32 Å². The minimum atomic E-state index is -0.225. The maximum absolute atomic E-state index is 13.1. The largest absolute Gasteiger partial charge is 0.379 e. The highest BCUT2D eigenvalue weighted by Crippen LogP contribution is 2.16. The van der Waals surface area contributed by atoms with Gasteiger partial charge in [-0.1, -0.05) is 6.07 Å². The molecule has 0 amide bonds. The van der Waals surface area contributed by atoms with Crippen molar-refractivity contribution < 1.29 is 4.39 Å². The summed E-state index contributed by atoms with van der Waals surface area (Å²) in [5.41, 5.74) is 2.80. The summed E-state index contributed by atoms with van der Waals surface area (Å²) >= 11 is 0. The number of hydrogen-bond donors (Lipinski definition) is 1. The van der Waals surface area contributed by atoms with Gasteiger partial charge in [0.1, 0.15) is 5.82 Å². The summed E-state index contributed by atoms with van der Waals surface area (Å²) < 4.78 is 14.9. The van der Waals surface area contributed by atoms with Gasteiger partial charge < -0.3 is 5.32 Å². The smallest absolute Gasteiger partial charge is 0.125 e. The van der Waals surface area contributed by atoms with Crippen LogP contribution in [0.4, 0.5) is 10.1 Å². The number of nitrogens with zero attached hydrogens (tertiary/aromatic N) is 2. The van der Waals surface area contributed by atoms with E-state index < -0.39 is 0 Å². The van der Waals surface area contributed by atoms with E-state index in [0.29, 0.717) is 6.54 Å². The molecular weight excluding hydrogens is 217 g/mol. The Kier molecular flexibility index (Phi) is 3.42. The maximum atomic E-state index is 13.1. The van der Waals surface area contributed by atoms with Crippen molar-refractivity contribution in [2.45, 2.75) is 26.9 Å². The van der Waals surface area contributed by atoms with Gasteiger partial charge in [-0.15, -0.1) is 0 Å². The molecule has 4 heteroatoms. The topological polar surface area (TPSA) is 29.9 Å². The number of aryl methyl sites for hydroxylation is 2. The van der Waals surface area contributed by atoms with Gasteiger partial charge in [0, 0.05) is 18.4 Å². The zero-order valence-electron chi connectivity index (χ0n) is 10.1. The van der Waals surface area contributed by atoms with Crippen LogP contribution in [0, 0.1) is 12.7 Å². The summed E-state index contributed by atoms with van der Waals surface area (Å²) in [5.74, 6) is -0.225. The molecule has 2 aromatic rings. The lowest BCUT2D eigenvalue weighted by atomic mass is 10.2. The van der Waals surface area contributed by atoms with Gasteiger partial charge in [0.25, 0.3) is 0 Å². The average Bonchev–Trinajstić information content (AvgIpc) is 2.78. The van der Waals surface area contributed by atoms with Crippen molar-refractivity contribution in [3.63, 3.8) is 0 Å². The first-order valence-electron chi connectivity index (χ1n) is 5.71. The highest BCUT2D eigenvalue weighted by atomic mass is 19.1. The Morgan fingerprint density at radius 2 is 2.18 bits per heavy atom. The van der Waals surface area contributed by atoms with Crippen LogP contribution >= 0.6 is 0 Å². The number of halogens is 1. The van der Waals surface area contributed by atoms with Gasteiger partial charge in [0.15, 0.2) is 0 Å². The third-order valence-corrected chi connectivity index (χ3v) is 2.68. The van der Waals surface area contributed by atoms with E-state index in [4.69, 9.17) is 0 Å². The van der Waals surface area contributed by atoms with E-state index in [0.717, 1.165) is 23.5 Å². The monoisotopic (exact) mass is 233 g/mol. The summed E-state index contributed by atoms with van der Waals surface area (Å²) in [4.78, 5) is 0. The normalized spacial score (nSPS) is 10.5. The number of hydrogen-bond acceptors (Lipinski definition) is 2. The average molecular weight is 233 g/mol. The number of benzene rings is 1. The summed E-state index contributed by atoms with van der Waals surface area (Å²) in [6, 6.07) is 6.70. The molecule has 1 heterocycles. The lowest BCUT2D eigenvalue weighted by molar-refractivity contribution is 0.627. The van der Waals surface area contributed by atoms with Crippen molar-refractivity contribution in [1.29, 1.82) is 0 Å². The molecule has 3 nitrogen and oxygen atoms in total. The van der Waals surface area contributed by atoms with Gasteiger partial charge in [0.2, 0.25) is 0 Å². The Morgan fingerprint density at radius 3 is 2.88 bits per heavy atom. The second-order valence-electron chi connectivity index (χ2n) is 3.98. The predicted molar refractivity (Wildman–Crippen MR) is 66.4 cm³/mol. The van der Waals surface area contributed by atoms with E-state index in [-0.39, 0.29) is 5.82 Å². The van der Waals surface area contributed by atoms with Crippen LogP contribution in [-0.4, -0.2) is 9.78 Å². The fourth-order valence-corrected chi connectivity index (χ4v) is 1.64. The lowest BCUT2D eigenvalue weighted by Crippen LogP contribution is -2.03. The van der Waals surface area contributed by atoms with E-state index in [1.165, 1.54) is 12.1 Å². The van der Waals surface area contributed by atoms with Crippen molar-refractivity contribution in [2.75, 3.05) is 5.32 Å². The molecule has 0 spiro atoms. The van der Waals surface area contributed by atoms with Crippen LogP contribution in [0.15, 0.2) is 30.5 Å². The van der Waals surface area contributed by atoms with Gasteiger partial charge >= 0.3 is 0 Å². The molecule has 1 N–H and O–H groups in total. The van der Waals surface area contributed by atoms with Gasteiger partial charge in [-0.3, -0.25) is 4.68 Å². The van der Waals surface area contributed by atoms with Crippen LogP contribution in [0.1, 0.15) is 18.2 Å². The zero-order chi connectivity index (χ0) is 12.3. The zero-order valence-corrected chi connectivity index (χ0v) is 10.1. The molecule has 0 aliphatic carbocycles. The summed E-state index contributed by atoms with van der Waals surface area (Å²) in [6.45, 7) is 5.46. The molecule has 0 saturated carbocycles. The molecule has 90 valence electrons. The second-order valence-corrected chi connectivity index (χ2v) is 3.98. The molecule has 0 aliphatic rings. The van der Waals surface area contributed by atoms with Crippen molar-refractivity contribution in [1.82, 2.24) is 9.78 Å². The third kappa shape index (κ3) is 2.84. The van der Waals surface area contributed by atoms with E-state index in [1.807, 2.05) is 30.8 Å². The van der Waals surface area contributed by atoms with Crippen LogP contribution in [0.2, 0.25) is 0 Å². The molecule has 2 rings (SSSR count). The summed E-state index contributed by atoms with van der Waals surface area (Å²) in [6.07, 6.45) is 1.94. The summed E-state index contributed by atoms with van der Waals surface area (Å²) in [7, 11) is 0. The number of aromatic nitrogens is 2. The van der Waals surface area contributed by atoms with Crippen molar-refractivity contribution >= 4 is 5.69 Å². The Morgan fingerprint density at radius 1 is 1.35 bits per heavy atom. The highest BCUT2D eigenvalue weighted by molar-refractivity contribution is 5.50. The molecule has 1 aromatic carbocycles. The van der Waals surface area contributed by atoms with Crippen molar-refractivity contribution in [3.8, 4) is 0 Å². The fourth-order valence-electron chi connectivity index (χ4n) is 1.64. The molecule has 17 heavy (non-hydrogen) atoms. The highest BCUT2D eigenvalue weighted by Gasteiger charge is 2.02. The second kappa shape index (κ2) is 4.99. The molecule has 1 aromatic heterocycles. The Hall–Kier alpha value is -1.84. The fraction of sp³-hybridized carbons (Fsp3) is 0.308. The maximum Gasteiger partial charge on any atom is 0.125 e. The van der Waals surface area contributed by atoms with E-state index in [1.54, 1.807) is 6.07 Å². The molecule has 0 atom stereocenters. The number of anilines is 1. The lowest BCUT2D eigenvalue weighted by Gasteiger charge is -2.08. The predicted octanol–water partition coefficient (Wildman–Crippen LogP) is 2.96. The van der Waals surface area contributed by atoms with Gasteiger partial charge in [-0.2, -0.15) is 5.10 Å². The minimum absolute atomic E-state index is 0.225. The summed E-state index contributed by atoms with van der Waals surface area (Å²) in [5, 5.41) is 7.55. The molecule has 0 bridgehead atoms. The third-order valence-electron chi connectivity index (χ3n) is 2.68. The van der Waals surface area contributed by atoms with Crippen LogP contribution in [-0.2, 0) is 13.1 Å². The van der Waals surface area contributed by atoms with E-state index >= 15 is 0 Å². The Balaban J connectivity index is 2.04.